The third kappa shape index (κ3) is 6.46. The number of methoxy groups -OCH3 is 1. The topological polar surface area (TPSA) is 82.1 Å². The van der Waals surface area contributed by atoms with E-state index in [0.29, 0.717) is 35.0 Å². The summed E-state index contributed by atoms with van der Waals surface area (Å²) in [4.78, 5) is 22.9. The fourth-order valence-corrected chi connectivity index (χ4v) is 2.43. The van der Waals surface area contributed by atoms with Crippen LogP contribution in [0, 0.1) is 0 Å². The molecule has 0 saturated carbocycles. The lowest BCUT2D eigenvalue weighted by Crippen LogP contribution is -2.09. The monoisotopic (exact) mass is 384 g/mol. The van der Waals surface area contributed by atoms with Crippen LogP contribution in [0.1, 0.15) is 42.1 Å². The molecule has 6 nitrogen and oxygen atoms in total. The number of ether oxygens (including phenoxy) is 3. The van der Waals surface area contributed by atoms with Crippen molar-refractivity contribution in [3.8, 4) is 17.2 Å². The fraction of sp³-hybridized carbons (Fsp3) is 0.273. The number of benzene rings is 2. The third-order valence-corrected chi connectivity index (χ3v) is 3.91. The quantitative estimate of drug-likeness (QED) is 0.279. The first-order valence-electron chi connectivity index (χ1n) is 9.07. The molecular weight excluding hydrogens is 360 g/mol. The van der Waals surface area contributed by atoms with Crippen LogP contribution < -0.4 is 14.2 Å². The third-order valence-electron chi connectivity index (χ3n) is 3.91. The van der Waals surface area contributed by atoms with Gasteiger partial charge in [0.05, 0.1) is 19.3 Å². The summed E-state index contributed by atoms with van der Waals surface area (Å²) >= 11 is 0. The minimum atomic E-state index is -1.03. The van der Waals surface area contributed by atoms with Gasteiger partial charge in [-0.15, -0.1) is 0 Å². The summed E-state index contributed by atoms with van der Waals surface area (Å²) in [6.45, 7) is 2.72. The van der Waals surface area contributed by atoms with E-state index in [0.717, 1.165) is 25.3 Å². The maximum Gasteiger partial charge on any atom is 0.343 e. The number of carbonyl (C=O) groups is 2. The Morgan fingerprint density at radius 2 is 1.79 bits per heavy atom. The van der Waals surface area contributed by atoms with E-state index in [-0.39, 0.29) is 0 Å². The Balaban J connectivity index is 2.02. The van der Waals surface area contributed by atoms with E-state index in [2.05, 4.69) is 6.92 Å². The van der Waals surface area contributed by atoms with Gasteiger partial charge in [0.25, 0.3) is 0 Å². The van der Waals surface area contributed by atoms with Crippen molar-refractivity contribution in [3.05, 3.63) is 59.7 Å². The molecule has 0 heterocycles. The number of aliphatic carboxylic acids is 1. The van der Waals surface area contributed by atoms with E-state index in [1.807, 2.05) is 0 Å². The molecule has 0 fully saturated rings. The molecule has 1 N–H and O–H groups in total. The van der Waals surface area contributed by atoms with E-state index in [1.165, 1.54) is 13.2 Å². The standard InChI is InChI=1S/C22H24O6/c1-3-4-5-14-27-19-12-9-17(15-20(19)26-2)22(25)28-18-10-6-16(7-11-18)8-13-21(23)24/h6-13,15H,3-5,14H2,1-2H3,(H,23,24)/b13-8+. The van der Waals surface area contributed by atoms with Gasteiger partial charge in [0, 0.05) is 6.08 Å². The van der Waals surface area contributed by atoms with Gasteiger partial charge in [-0.1, -0.05) is 31.9 Å². The number of unbranched alkanes of at least 4 members (excludes halogenated alkanes) is 2. The van der Waals surface area contributed by atoms with Crippen LogP contribution in [0.5, 0.6) is 17.2 Å². The van der Waals surface area contributed by atoms with Gasteiger partial charge < -0.3 is 19.3 Å². The Morgan fingerprint density at radius 3 is 2.43 bits per heavy atom. The zero-order chi connectivity index (χ0) is 20.4. The van der Waals surface area contributed by atoms with E-state index >= 15 is 0 Å². The van der Waals surface area contributed by atoms with Gasteiger partial charge in [-0.25, -0.2) is 9.59 Å². The lowest BCUT2D eigenvalue weighted by Gasteiger charge is -2.12. The number of esters is 1. The highest BCUT2D eigenvalue weighted by Crippen LogP contribution is 2.29. The highest BCUT2D eigenvalue weighted by atomic mass is 16.5. The second-order valence-corrected chi connectivity index (χ2v) is 6.05. The second-order valence-electron chi connectivity index (χ2n) is 6.05. The van der Waals surface area contributed by atoms with Gasteiger partial charge in [-0.3, -0.25) is 0 Å². The molecule has 2 aromatic rings. The molecule has 0 aromatic heterocycles. The molecule has 28 heavy (non-hydrogen) atoms. The average molecular weight is 384 g/mol. The van der Waals surface area contributed by atoms with E-state index in [9.17, 15) is 9.59 Å². The van der Waals surface area contributed by atoms with Gasteiger partial charge in [0.15, 0.2) is 11.5 Å². The zero-order valence-electron chi connectivity index (χ0n) is 16.0. The first-order chi connectivity index (χ1) is 13.5. The van der Waals surface area contributed by atoms with E-state index in [4.69, 9.17) is 19.3 Å². The highest BCUT2D eigenvalue weighted by Gasteiger charge is 2.13. The minimum Gasteiger partial charge on any atom is -0.493 e. The maximum atomic E-state index is 12.4. The molecule has 0 aliphatic heterocycles. The molecular formula is C22H24O6. The molecule has 0 aliphatic rings. The average Bonchev–Trinajstić information content (AvgIpc) is 2.70. The smallest absolute Gasteiger partial charge is 0.343 e. The largest absolute Gasteiger partial charge is 0.493 e. The molecule has 0 atom stereocenters. The molecule has 6 heteroatoms. The normalized spacial score (nSPS) is 10.6. The van der Waals surface area contributed by atoms with E-state index in [1.54, 1.807) is 42.5 Å². The lowest BCUT2D eigenvalue weighted by atomic mass is 10.2. The number of hydrogen-bond acceptors (Lipinski definition) is 5. The van der Waals surface area contributed by atoms with Crippen LogP contribution in [0.3, 0.4) is 0 Å². The Bertz CT molecular complexity index is 823. The molecule has 0 radical (unpaired) electrons. The zero-order valence-corrected chi connectivity index (χ0v) is 16.0. The van der Waals surface area contributed by atoms with Crippen molar-refractivity contribution in [1.29, 1.82) is 0 Å². The lowest BCUT2D eigenvalue weighted by molar-refractivity contribution is -0.131. The first kappa shape index (κ1) is 21.0. The van der Waals surface area contributed by atoms with Crippen molar-refractivity contribution in [2.75, 3.05) is 13.7 Å². The van der Waals surface area contributed by atoms with Gasteiger partial charge in [0.2, 0.25) is 0 Å². The van der Waals surface area contributed by atoms with Gasteiger partial charge in [0.1, 0.15) is 5.75 Å². The predicted octanol–water partition coefficient (Wildman–Crippen LogP) is 4.58. The summed E-state index contributed by atoms with van der Waals surface area (Å²) in [5.74, 6) is -0.131. The molecule has 0 aliphatic carbocycles. The Labute approximate surface area is 164 Å². The highest BCUT2D eigenvalue weighted by molar-refractivity contribution is 5.92. The molecule has 0 unspecified atom stereocenters. The van der Waals surface area contributed by atoms with E-state index < -0.39 is 11.9 Å². The Kier molecular flexibility index (Phi) is 8.09. The molecule has 0 amide bonds. The number of carbonyl (C=O) groups excluding carboxylic acids is 1. The summed E-state index contributed by atoms with van der Waals surface area (Å²) in [5, 5.41) is 8.63. The summed E-state index contributed by atoms with van der Waals surface area (Å²) in [5.41, 5.74) is 1.03. The molecule has 2 aromatic carbocycles. The Morgan fingerprint density at radius 1 is 1.04 bits per heavy atom. The van der Waals surface area contributed by atoms with Gasteiger partial charge in [-0.05, 0) is 48.4 Å². The van der Waals surface area contributed by atoms with Crippen molar-refractivity contribution in [2.45, 2.75) is 26.2 Å². The van der Waals surface area contributed by atoms with Crippen molar-refractivity contribution in [3.63, 3.8) is 0 Å². The number of hydrogen-bond donors (Lipinski definition) is 1. The Hall–Kier alpha value is -3.28. The van der Waals surface area contributed by atoms with Crippen LogP contribution >= 0.6 is 0 Å². The molecule has 2 rings (SSSR count). The SMILES string of the molecule is CCCCCOc1ccc(C(=O)Oc2ccc(/C=C/C(=O)O)cc2)cc1OC. The summed E-state index contributed by atoms with van der Waals surface area (Å²) in [7, 11) is 1.52. The van der Waals surface area contributed by atoms with Gasteiger partial charge >= 0.3 is 11.9 Å². The van der Waals surface area contributed by atoms with Crippen LogP contribution in [0.15, 0.2) is 48.5 Å². The van der Waals surface area contributed by atoms with Crippen LogP contribution in [0.2, 0.25) is 0 Å². The first-order valence-corrected chi connectivity index (χ1v) is 9.07. The molecule has 148 valence electrons. The number of carboxylic acids is 1. The predicted molar refractivity (Wildman–Crippen MR) is 106 cm³/mol. The van der Waals surface area contributed by atoms with Crippen LogP contribution in [-0.2, 0) is 4.79 Å². The summed E-state index contributed by atoms with van der Waals surface area (Å²) in [6.07, 6.45) is 5.66. The van der Waals surface area contributed by atoms with Crippen molar-refractivity contribution >= 4 is 18.0 Å². The second kappa shape index (κ2) is 10.8. The summed E-state index contributed by atoms with van der Waals surface area (Å²) < 4.78 is 16.4. The van der Waals surface area contributed by atoms with Crippen LogP contribution in [-0.4, -0.2) is 30.8 Å². The van der Waals surface area contributed by atoms with Crippen LogP contribution in [0.4, 0.5) is 0 Å². The minimum absolute atomic E-state index is 0.340. The molecule has 0 saturated heterocycles. The maximum absolute atomic E-state index is 12.4. The van der Waals surface area contributed by atoms with Crippen molar-refractivity contribution in [1.82, 2.24) is 0 Å². The number of rotatable bonds is 10. The van der Waals surface area contributed by atoms with Crippen LogP contribution in [0.25, 0.3) is 6.08 Å². The van der Waals surface area contributed by atoms with Gasteiger partial charge in [-0.2, -0.15) is 0 Å². The van der Waals surface area contributed by atoms with Crippen molar-refractivity contribution < 1.29 is 28.9 Å². The van der Waals surface area contributed by atoms with Crippen molar-refractivity contribution in [2.24, 2.45) is 0 Å². The summed E-state index contributed by atoms with van der Waals surface area (Å²) in [6, 6.07) is 11.4. The molecule has 0 spiro atoms. The number of carboxylic acid groups (broad SMARTS) is 1. The fourth-order valence-electron chi connectivity index (χ4n) is 2.43. The molecule has 0 bridgehead atoms.